The first-order valence-corrected chi connectivity index (χ1v) is 6.91. The van der Waals surface area contributed by atoms with Gasteiger partial charge in [-0.1, -0.05) is 12.1 Å². The van der Waals surface area contributed by atoms with Crippen molar-refractivity contribution < 1.29 is 4.74 Å². The number of benzene rings is 1. The Morgan fingerprint density at radius 1 is 1.22 bits per heavy atom. The summed E-state index contributed by atoms with van der Waals surface area (Å²) in [6.45, 7) is 4.06. The summed E-state index contributed by atoms with van der Waals surface area (Å²) in [5.74, 6) is 0.910. The van der Waals surface area contributed by atoms with E-state index in [0.717, 1.165) is 5.75 Å². The molecule has 1 heterocycles. The van der Waals surface area contributed by atoms with Gasteiger partial charge in [0.2, 0.25) is 0 Å². The molecule has 0 fully saturated rings. The van der Waals surface area contributed by atoms with Crippen LogP contribution in [-0.4, -0.2) is 18.1 Å². The predicted octanol–water partition coefficient (Wildman–Crippen LogP) is 3.24. The normalized spacial score (nSPS) is 12.7. The fraction of sp³-hybridized carbons (Fsp3) is 0.357. The molecule has 96 valence electrons. The van der Waals surface area contributed by atoms with Crippen molar-refractivity contribution in [2.24, 2.45) is 0 Å². The lowest BCUT2D eigenvalue weighted by Crippen LogP contribution is -2.16. The molecule has 0 saturated carbocycles. The third-order valence-corrected chi connectivity index (χ3v) is 3.45. The van der Waals surface area contributed by atoms with E-state index in [-0.39, 0.29) is 12.1 Å². The van der Waals surface area contributed by atoms with Crippen LogP contribution in [0.3, 0.4) is 0 Å². The summed E-state index contributed by atoms with van der Waals surface area (Å²) in [7, 11) is 1.96. The van der Waals surface area contributed by atoms with Crippen molar-refractivity contribution in [3.63, 3.8) is 0 Å². The lowest BCUT2D eigenvalue weighted by molar-refractivity contribution is 0.242. The molecule has 4 heteroatoms. The first kappa shape index (κ1) is 13.1. The van der Waals surface area contributed by atoms with Crippen LogP contribution < -0.4 is 10.1 Å². The second-order valence-corrected chi connectivity index (χ2v) is 5.28. The van der Waals surface area contributed by atoms with Crippen LogP contribution in [0.5, 0.6) is 5.75 Å². The smallest absolute Gasteiger partial charge is 0.119 e. The first-order chi connectivity index (χ1) is 8.70. The van der Waals surface area contributed by atoms with E-state index in [9.17, 15) is 0 Å². The van der Waals surface area contributed by atoms with Crippen LogP contribution in [0.4, 0.5) is 0 Å². The van der Waals surface area contributed by atoms with Crippen LogP contribution in [0.25, 0.3) is 0 Å². The molecule has 0 aliphatic rings. The Morgan fingerprint density at radius 3 is 2.44 bits per heavy atom. The molecule has 0 bridgehead atoms. The molecule has 1 atom stereocenters. The van der Waals surface area contributed by atoms with Gasteiger partial charge in [-0.2, -0.15) is 0 Å². The molecule has 1 aromatic carbocycles. The number of rotatable bonds is 5. The van der Waals surface area contributed by atoms with Gasteiger partial charge in [0.15, 0.2) is 0 Å². The van der Waals surface area contributed by atoms with Crippen molar-refractivity contribution in [3.8, 4) is 5.75 Å². The van der Waals surface area contributed by atoms with Gasteiger partial charge in [0.05, 0.1) is 17.7 Å². The molecule has 0 aliphatic heterocycles. The van der Waals surface area contributed by atoms with Crippen molar-refractivity contribution in [1.29, 1.82) is 0 Å². The fourth-order valence-electron chi connectivity index (χ4n) is 1.85. The summed E-state index contributed by atoms with van der Waals surface area (Å²) < 4.78 is 5.64. The van der Waals surface area contributed by atoms with Crippen molar-refractivity contribution in [2.75, 3.05) is 7.05 Å². The Bertz CT molecular complexity index is 465. The number of nitrogens with one attached hydrogen (secondary N) is 1. The summed E-state index contributed by atoms with van der Waals surface area (Å²) in [6.07, 6.45) is 2.11. The van der Waals surface area contributed by atoms with Crippen molar-refractivity contribution in [2.45, 2.75) is 26.0 Å². The fourth-order valence-corrected chi connectivity index (χ4v) is 2.61. The van der Waals surface area contributed by atoms with Gasteiger partial charge in [0.1, 0.15) is 5.75 Å². The predicted molar refractivity (Wildman–Crippen MR) is 75.2 cm³/mol. The topological polar surface area (TPSA) is 34.1 Å². The number of hydrogen-bond acceptors (Lipinski definition) is 4. The van der Waals surface area contributed by atoms with E-state index in [1.807, 2.05) is 44.7 Å². The zero-order valence-corrected chi connectivity index (χ0v) is 11.7. The zero-order chi connectivity index (χ0) is 13.0. The highest BCUT2D eigenvalue weighted by atomic mass is 32.1. The molecule has 0 aliphatic carbocycles. The van der Waals surface area contributed by atoms with Gasteiger partial charge >= 0.3 is 0 Å². The van der Waals surface area contributed by atoms with Crippen LogP contribution in [0.15, 0.2) is 36.0 Å². The Kier molecular flexibility index (Phi) is 4.33. The largest absolute Gasteiger partial charge is 0.491 e. The van der Waals surface area contributed by atoms with E-state index in [1.165, 1.54) is 10.4 Å². The molecule has 1 aromatic heterocycles. The van der Waals surface area contributed by atoms with Crippen LogP contribution in [0.2, 0.25) is 0 Å². The number of aromatic nitrogens is 1. The van der Waals surface area contributed by atoms with Gasteiger partial charge in [-0.25, -0.2) is 0 Å². The Hall–Kier alpha value is -1.39. The molecule has 0 radical (unpaired) electrons. The quantitative estimate of drug-likeness (QED) is 0.898. The molecule has 3 nitrogen and oxygen atoms in total. The Balaban J connectivity index is 2.17. The average molecular weight is 262 g/mol. The summed E-state index contributed by atoms with van der Waals surface area (Å²) >= 11 is 1.66. The van der Waals surface area contributed by atoms with Gasteiger partial charge in [0, 0.05) is 11.1 Å². The lowest BCUT2D eigenvalue weighted by Gasteiger charge is -2.16. The maximum atomic E-state index is 5.64. The van der Waals surface area contributed by atoms with Crippen LogP contribution in [0.1, 0.15) is 30.3 Å². The highest BCUT2D eigenvalue weighted by Crippen LogP contribution is 2.26. The van der Waals surface area contributed by atoms with E-state index >= 15 is 0 Å². The van der Waals surface area contributed by atoms with Crippen LogP contribution >= 0.6 is 11.3 Å². The molecule has 0 spiro atoms. The molecular weight excluding hydrogens is 244 g/mol. The highest BCUT2D eigenvalue weighted by molar-refractivity contribution is 7.09. The maximum absolute atomic E-state index is 5.64. The molecule has 1 N–H and O–H groups in total. The number of thiazole rings is 1. The standard InChI is InChI=1S/C14H18N2OS/c1-10(2)17-12-6-4-11(5-7-12)14(15-3)13-8-16-9-18-13/h4-10,14-15H,1-3H3. The monoisotopic (exact) mass is 262 g/mol. The molecule has 1 unspecified atom stereocenters. The van der Waals surface area contributed by atoms with E-state index in [0.29, 0.717) is 0 Å². The second-order valence-electron chi connectivity index (χ2n) is 4.36. The Labute approximate surface area is 112 Å². The minimum atomic E-state index is 0.200. The third-order valence-electron chi connectivity index (χ3n) is 2.61. The van der Waals surface area contributed by atoms with E-state index < -0.39 is 0 Å². The number of nitrogens with zero attached hydrogens (tertiary/aromatic N) is 1. The average Bonchev–Trinajstić information content (AvgIpc) is 2.85. The third kappa shape index (κ3) is 3.09. The van der Waals surface area contributed by atoms with Crippen molar-refractivity contribution in [3.05, 3.63) is 46.4 Å². The highest BCUT2D eigenvalue weighted by Gasteiger charge is 2.13. The summed E-state index contributed by atoms with van der Waals surface area (Å²) in [5.41, 5.74) is 3.08. The summed E-state index contributed by atoms with van der Waals surface area (Å²) in [4.78, 5) is 5.34. The Morgan fingerprint density at radius 2 is 1.94 bits per heavy atom. The van der Waals surface area contributed by atoms with Gasteiger partial charge in [0.25, 0.3) is 0 Å². The zero-order valence-electron chi connectivity index (χ0n) is 10.9. The summed E-state index contributed by atoms with van der Waals surface area (Å²) in [6, 6.07) is 8.42. The number of hydrogen-bond donors (Lipinski definition) is 1. The van der Waals surface area contributed by atoms with Crippen molar-refractivity contribution >= 4 is 11.3 Å². The van der Waals surface area contributed by atoms with Gasteiger partial charge < -0.3 is 10.1 Å². The molecule has 18 heavy (non-hydrogen) atoms. The molecular formula is C14H18N2OS. The molecule has 0 saturated heterocycles. The van der Waals surface area contributed by atoms with E-state index in [4.69, 9.17) is 4.74 Å². The van der Waals surface area contributed by atoms with Crippen LogP contribution in [-0.2, 0) is 0 Å². The SMILES string of the molecule is CNC(c1ccc(OC(C)C)cc1)c1cncs1. The lowest BCUT2D eigenvalue weighted by atomic mass is 10.1. The van der Waals surface area contributed by atoms with Crippen LogP contribution in [0, 0.1) is 0 Å². The molecule has 2 aromatic rings. The first-order valence-electron chi connectivity index (χ1n) is 6.03. The van der Waals surface area contributed by atoms with E-state index in [1.54, 1.807) is 11.3 Å². The maximum Gasteiger partial charge on any atom is 0.119 e. The molecule has 2 rings (SSSR count). The second kappa shape index (κ2) is 5.98. The van der Waals surface area contributed by atoms with Gasteiger partial charge in [-0.3, -0.25) is 4.98 Å². The van der Waals surface area contributed by atoms with Gasteiger partial charge in [-0.15, -0.1) is 11.3 Å². The minimum Gasteiger partial charge on any atom is -0.491 e. The minimum absolute atomic E-state index is 0.200. The van der Waals surface area contributed by atoms with E-state index in [2.05, 4.69) is 22.4 Å². The molecule has 0 amide bonds. The van der Waals surface area contributed by atoms with Crippen molar-refractivity contribution in [1.82, 2.24) is 10.3 Å². The summed E-state index contributed by atoms with van der Waals surface area (Å²) in [5, 5.41) is 3.31. The van der Waals surface area contributed by atoms with Gasteiger partial charge in [-0.05, 0) is 38.6 Å². The number of ether oxygens (including phenoxy) is 1.